The Hall–Kier alpha value is -0.130. The number of hydrogen-bond acceptors (Lipinski definition) is 3. The number of aliphatic hydroxyl groups excluding tert-OH is 1. The van der Waals surface area contributed by atoms with Crippen molar-refractivity contribution in [1.29, 1.82) is 0 Å². The molecule has 1 rings (SSSR count). The van der Waals surface area contributed by atoms with E-state index in [4.69, 9.17) is 5.11 Å². The minimum Gasteiger partial charge on any atom is -0.395 e. The summed E-state index contributed by atoms with van der Waals surface area (Å²) in [4.78, 5) is 0. The maximum atomic E-state index is 11.8. The largest absolute Gasteiger partial charge is 0.395 e. The van der Waals surface area contributed by atoms with E-state index < -0.39 is 10.0 Å². The van der Waals surface area contributed by atoms with E-state index in [0.717, 1.165) is 19.3 Å². The molecule has 2 atom stereocenters. The molecule has 0 radical (unpaired) electrons. The van der Waals surface area contributed by atoms with E-state index in [2.05, 4.69) is 0 Å². The summed E-state index contributed by atoms with van der Waals surface area (Å²) in [5.74, 6) is -0.151. The Labute approximate surface area is 86.0 Å². The molecular weight excluding hydrogens is 202 g/mol. The molecule has 0 saturated carbocycles. The first-order valence-corrected chi connectivity index (χ1v) is 6.72. The number of hydrogen-bond donors (Lipinski definition) is 1. The van der Waals surface area contributed by atoms with Gasteiger partial charge in [-0.05, 0) is 26.7 Å². The lowest BCUT2D eigenvalue weighted by Gasteiger charge is -2.37. The second-order valence-corrected chi connectivity index (χ2v) is 5.99. The molecule has 1 aliphatic rings. The summed E-state index contributed by atoms with van der Waals surface area (Å²) in [6, 6.07) is 0.158. The summed E-state index contributed by atoms with van der Waals surface area (Å²) in [7, 11) is -3.25. The number of piperidine rings is 1. The summed E-state index contributed by atoms with van der Waals surface area (Å²) in [6.45, 7) is 3.58. The molecule has 1 fully saturated rings. The first-order valence-electron chi connectivity index (χ1n) is 5.11. The van der Waals surface area contributed by atoms with Crippen molar-refractivity contribution in [3.8, 4) is 0 Å². The molecule has 0 bridgehead atoms. The van der Waals surface area contributed by atoms with Crippen LogP contribution in [0.5, 0.6) is 0 Å². The van der Waals surface area contributed by atoms with Gasteiger partial charge in [0.2, 0.25) is 10.0 Å². The normalized spacial score (nSPS) is 30.5. The van der Waals surface area contributed by atoms with Crippen LogP contribution in [0.3, 0.4) is 0 Å². The second-order valence-electron chi connectivity index (χ2n) is 4.00. The van der Waals surface area contributed by atoms with Gasteiger partial charge < -0.3 is 5.11 Å². The maximum absolute atomic E-state index is 11.8. The highest BCUT2D eigenvalue weighted by molar-refractivity contribution is 7.89. The summed E-state index contributed by atoms with van der Waals surface area (Å²) < 4.78 is 25.1. The lowest BCUT2D eigenvalue weighted by atomic mass is 10.0. The smallest absolute Gasteiger partial charge is 0.216 e. The topological polar surface area (TPSA) is 57.6 Å². The Morgan fingerprint density at radius 1 is 1.29 bits per heavy atom. The number of rotatable bonds is 3. The van der Waals surface area contributed by atoms with Gasteiger partial charge in [-0.1, -0.05) is 6.42 Å². The van der Waals surface area contributed by atoms with Gasteiger partial charge in [0.1, 0.15) is 0 Å². The van der Waals surface area contributed by atoms with E-state index in [1.54, 1.807) is 4.31 Å². The monoisotopic (exact) mass is 221 g/mol. The van der Waals surface area contributed by atoms with Gasteiger partial charge >= 0.3 is 0 Å². The van der Waals surface area contributed by atoms with Crippen LogP contribution >= 0.6 is 0 Å². The fourth-order valence-electron chi connectivity index (χ4n) is 2.17. The Morgan fingerprint density at radius 3 is 2.21 bits per heavy atom. The second kappa shape index (κ2) is 4.59. The molecule has 1 heterocycles. The minimum atomic E-state index is -3.25. The van der Waals surface area contributed by atoms with Crippen LogP contribution in [0, 0.1) is 0 Å². The van der Waals surface area contributed by atoms with Gasteiger partial charge in [-0.25, -0.2) is 8.42 Å². The minimum absolute atomic E-state index is 0.0790. The standard InChI is InChI=1S/C9H19NO3S/c1-8-4-3-5-9(2)10(8)14(12,13)7-6-11/h8-9,11H,3-7H2,1-2H3. The summed E-state index contributed by atoms with van der Waals surface area (Å²) in [5, 5.41) is 8.70. The van der Waals surface area contributed by atoms with Gasteiger partial charge in [-0.15, -0.1) is 0 Å². The van der Waals surface area contributed by atoms with Gasteiger partial charge in [-0.3, -0.25) is 0 Å². The van der Waals surface area contributed by atoms with Crippen LogP contribution in [0.15, 0.2) is 0 Å². The molecule has 0 amide bonds. The molecule has 14 heavy (non-hydrogen) atoms. The third kappa shape index (κ3) is 2.46. The molecule has 0 aromatic rings. The maximum Gasteiger partial charge on any atom is 0.216 e. The summed E-state index contributed by atoms with van der Waals surface area (Å²) >= 11 is 0. The quantitative estimate of drug-likeness (QED) is 0.758. The third-order valence-corrected chi connectivity index (χ3v) is 4.84. The fourth-order valence-corrected chi connectivity index (χ4v) is 3.92. The predicted molar refractivity (Wildman–Crippen MR) is 55.5 cm³/mol. The summed E-state index contributed by atoms with van der Waals surface area (Å²) in [5.41, 5.74) is 0. The Balaban J connectivity index is 2.82. The lowest BCUT2D eigenvalue weighted by Crippen LogP contribution is -2.48. The highest BCUT2D eigenvalue weighted by Crippen LogP contribution is 2.25. The van der Waals surface area contributed by atoms with Crippen molar-refractivity contribution < 1.29 is 13.5 Å². The van der Waals surface area contributed by atoms with Crippen LogP contribution in [0.1, 0.15) is 33.1 Å². The number of sulfonamides is 1. The van der Waals surface area contributed by atoms with E-state index in [0.29, 0.717) is 0 Å². The zero-order valence-electron chi connectivity index (χ0n) is 8.81. The van der Waals surface area contributed by atoms with Crippen LogP contribution in [0.2, 0.25) is 0 Å². The molecular formula is C9H19NO3S. The van der Waals surface area contributed by atoms with Crippen molar-refractivity contribution in [2.24, 2.45) is 0 Å². The molecule has 1 N–H and O–H groups in total. The fraction of sp³-hybridized carbons (Fsp3) is 1.00. The predicted octanol–water partition coefficient (Wildman–Crippen LogP) is 0.571. The zero-order valence-corrected chi connectivity index (χ0v) is 9.63. The van der Waals surface area contributed by atoms with Crippen LogP contribution in [0.25, 0.3) is 0 Å². The Morgan fingerprint density at radius 2 is 1.79 bits per heavy atom. The average Bonchev–Trinajstić information content (AvgIpc) is 2.02. The van der Waals surface area contributed by atoms with Crippen molar-refractivity contribution in [1.82, 2.24) is 4.31 Å². The van der Waals surface area contributed by atoms with Crippen LogP contribution in [0.4, 0.5) is 0 Å². The number of nitrogens with zero attached hydrogens (tertiary/aromatic N) is 1. The van der Waals surface area contributed by atoms with E-state index in [-0.39, 0.29) is 24.4 Å². The summed E-state index contributed by atoms with van der Waals surface area (Å²) in [6.07, 6.45) is 2.94. The van der Waals surface area contributed by atoms with Crippen molar-refractivity contribution in [3.05, 3.63) is 0 Å². The molecule has 1 saturated heterocycles. The Kier molecular flexibility index (Phi) is 3.92. The average molecular weight is 221 g/mol. The molecule has 0 aliphatic carbocycles. The van der Waals surface area contributed by atoms with Crippen molar-refractivity contribution in [3.63, 3.8) is 0 Å². The van der Waals surface area contributed by atoms with Gasteiger partial charge in [0, 0.05) is 12.1 Å². The molecule has 84 valence electrons. The molecule has 0 spiro atoms. The van der Waals surface area contributed by atoms with Crippen LogP contribution in [-0.4, -0.2) is 42.3 Å². The Bertz CT molecular complexity index is 266. The molecule has 0 aromatic carbocycles. The molecule has 4 nitrogen and oxygen atoms in total. The molecule has 1 aliphatic heterocycles. The third-order valence-electron chi connectivity index (χ3n) is 2.78. The SMILES string of the molecule is CC1CCCC(C)N1S(=O)(=O)CCO. The lowest BCUT2D eigenvalue weighted by molar-refractivity contribution is 0.202. The van der Waals surface area contributed by atoms with Crippen LogP contribution in [-0.2, 0) is 10.0 Å². The van der Waals surface area contributed by atoms with Gasteiger partial charge in [-0.2, -0.15) is 4.31 Å². The molecule has 5 heteroatoms. The highest BCUT2D eigenvalue weighted by Gasteiger charge is 2.33. The first kappa shape index (κ1) is 11.9. The van der Waals surface area contributed by atoms with Crippen LogP contribution < -0.4 is 0 Å². The van der Waals surface area contributed by atoms with E-state index in [1.165, 1.54) is 0 Å². The van der Waals surface area contributed by atoms with Crippen molar-refractivity contribution >= 4 is 10.0 Å². The zero-order chi connectivity index (χ0) is 10.8. The van der Waals surface area contributed by atoms with Crippen molar-refractivity contribution in [2.75, 3.05) is 12.4 Å². The van der Waals surface area contributed by atoms with Gasteiger partial charge in [0.25, 0.3) is 0 Å². The van der Waals surface area contributed by atoms with Gasteiger partial charge in [0.05, 0.1) is 12.4 Å². The van der Waals surface area contributed by atoms with E-state index in [9.17, 15) is 8.42 Å². The van der Waals surface area contributed by atoms with E-state index >= 15 is 0 Å². The molecule has 0 aromatic heterocycles. The van der Waals surface area contributed by atoms with E-state index in [1.807, 2.05) is 13.8 Å². The highest BCUT2D eigenvalue weighted by atomic mass is 32.2. The number of aliphatic hydroxyl groups is 1. The van der Waals surface area contributed by atoms with Gasteiger partial charge in [0.15, 0.2) is 0 Å². The molecule has 2 unspecified atom stereocenters. The van der Waals surface area contributed by atoms with Crippen molar-refractivity contribution in [2.45, 2.75) is 45.2 Å². The first-order chi connectivity index (χ1) is 6.49.